The molecule has 122 valence electrons. The second-order valence-electron chi connectivity index (χ2n) is 5.00. The van der Waals surface area contributed by atoms with Crippen molar-refractivity contribution in [2.24, 2.45) is 5.41 Å². The number of carboxylic acids is 1. The van der Waals surface area contributed by atoms with Gasteiger partial charge >= 0.3 is 18.2 Å². The molecule has 1 saturated heterocycles. The molecule has 7 nitrogen and oxygen atoms in total. The number of hydrogen-bond acceptors (Lipinski definition) is 4. The van der Waals surface area contributed by atoms with Crippen LogP contribution in [0.2, 0.25) is 0 Å². The maximum atomic E-state index is 12.4. The molecule has 0 aromatic rings. The molecule has 0 aromatic carbocycles. The van der Waals surface area contributed by atoms with Crippen molar-refractivity contribution in [2.75, 3.05) is 32.9 Å². The van der Waals surface area contributed by atoms with Crippen molar-refractivity contribution in [1.29, 1.82) is 0 Å². The zero-order chi connectivity index (χ0) is 16.3. The molecule has 2 unspecified atom stereocenters. The van der Waals surface area contributed by atoms with Crippen molar-refractivity contribution in [3.05, 3.63) is 0 Å². The molecule has 3 N–H and O–H groups in total. The molecule has 2 amide bonds. The molecular weight excluding hydrogens is 297 g/mol. The third kappa shape index (κ3) is 4.46. The van der Waals surface area contributed by atoms with Crippen LogP contribution in [-0.2, 0) is 9.53 Å². The Balaban J connectivity index is 2.75. The molecule has 0 bridgehead atoms. The highest BCUT2D eigenvalue weighted by molar-refractivity contribution is 5.79. The molecule has 1 rings (SSSR count). The number of aliphatic hydroxyl groups excluding tert-OH is 1. The number of urea groups is 1. The quantitative estimate of drug-likeness (QED) is 0.665. The van der Waals surface area contributed by atoms with Crippen LogP contribution in [0.25, 0.3) is 0 Å². The van der Waals surface area contributed by atoms with Gasteiger partial charge in [0.2, 0.25) is 0 Å². The van der Waals surface area contributed by atoms with Crippen molar-refractivity contribution in [2.45, 2.75) is 19.1 Å². The average Bonchev–Trinajstić information content (AvgIpc) is 2.70. The SMILES string of the molecule is CC1(C(=O)O)COCC1NC(=O)N(CCO)CC(F)(F)F. The first kappa shape index (κ1) is 17.5. The molecular formula is C11H17F3N2O5. The fourth-order valence-electron chi connectivity index (χ4n) is 1.91. The summed E-state index contributed by atoms with van der Waals surface area (Å²) in [7, 11) is 0. The summed E-state index contributed by atoms with van der Waals surface area (Å²) in [5.74, 6) is -1.21. The maximum absolute atomic E-state index is 12.4. The average molecular weight is 314 g/mol. The van der Waals surface area contributed by atoms with Gasteiger partial charge in [0.05, 0.1) is 25.9 Å². The van der Waals surface area contributed by atoms with Crippen molar-refractivity contribution in [3.8, 4) is 0 Å². The summed E-state index contributed by atoms with van der Waals surface area (Å²) in [4.78, 5) is 23.4. The zero-order valence-corrected chi connectivity index (χ0v) is 11.3. The van der Waals surface area contributed by atoms with E-state index in [0.717, 1.165) is 0 Å². The van der Waals surface area contributed by atoms with E-state index in [4.69, 9.17) is 14.9 Å². The largest absolute Gasteiger partial charge is 0.481 e. The minimum Gasteiger partial charge on any atom is -0.481 e. The van der Waals surface area contributed by atoms with Crippen LogP contribution < -0.4 is 5.32 Å². The molecule has 2 atom stereocenters. The Morgan fingerprint density at radius 1 is 1.48 bits per heavy atom. The standard InChI is InChI=1S/C11H17F3N2O5/c1-10(8(18)19)6-21-4-7(10)15-9(20)16(2-3-17)5-11(12,13)14/h7,17H,2-6H2,1H3,(H,15,20)(H,18,19). The molecule has 0 aliphatic carbocycles. The van der Waals surface area contributed by atoms with Crippen LogP contribution in [0.3, 0.4) is 0 Å². The molecule has 21 heavy (non-hydrogen) atoms. The smallest absolute Gasteiger partial charge is 0.406 e. The molecule has 0 spiro atoms. The minimum absolute atomic E-state index is 0.104. The minimum atomic E-state index is -4.62. The van der Waals surface area contributed by atoms with E-state index in [2.05, 4.69) is 5.32 Å². The van der Waals surface area contributed by atoms with E-state index in [9.17, 15) is 22.8 Å². The van der Waals surface area contributed by atoms with E-state index in [0.29, 0.717) is 4.90 Å². The Kier molecular flexibility index (Phi) is 5.40. The van der Waals surface area contributed by atoms with Gasteiger partial charge in [0.1, 0.15) is 12.0 Å². The first-order chi connectivity index (χ1) is 9.60. The van der Waals surface area contributed by atoms with Gasteiger partial charge in [-0.05, 0) is 6.92 Å². The fraction of sp³-hybridized carbons (Fsp3) is 0.818. The monoisotopic (exact) mass is 314 g/mol. The Morgan fingerprint density at radius 2 is 2.10 bits per heavy atom. The highest BCUT2D eigenvalue weighted by atomic mass is 19.4. The molecule has 0 aromatic heterocycles. The van der Waals surface area contributed by atoms with Crippen molar-refractivity contribution >= 4 is 12.0 Å². The number of ether oxygens (including phenoxy) is 1. The second kappa shape index (κ2) is 6.48. The summed E-state index contributed by atoms with van der Waals surface area (Å²) in [6, 6.07) is -2.04. The summed E-state index contributed by atoms with van der Waals surface area (Å²) in [5, 5.41) is 20.1. The second-order valence-corrected chi connectivity index (χ2v) is 5.00. The predicted molar refractivity (Wildman–Crippen MR) is 63.6 cm³/mol. The lowest BCUT2D eigenvalue weighted by molar-refractivity contribution is -0.149. The number of nitrogens with one attached hydrogen (secondary N) is 1. The Hall–Kier alpha value is -1.55. The first-order valence-electron chi connectivity index (χ1n) is 6.14. The number of carbonyl (C=O) groups is 2. The number of halogens is 3. The number of amides is 2. The van der Waals surface area contributed by atoms with E-state index in [1.165, 1.54) is 6.92 Å². The van der Waals surface area contributed by atoms with Crippen LogP contribution in [0, 0.1) is 5.41 Å². The molecule has 1 fully saturated rings. The van der Waals surface area contributed by atoms with Gasteiger partial charge in [-0.1, -0.05) is 0 Å². The number of aliphatic carboxylic acids is 1. The van der Waals surface area contributed by atoms with Gasteiger partial charge in [-0.25, -0.2) is 4.79 Å². The molecule has 1 heterocycles. The van der Waals surface area contributed by atoms with E-state index in [1.807, 2.05) is 0 Å². The van der Waals surface area contributed by atoms with Crippen molar-refractivity contribution < 1.29 is 37.7 Å². The predicted octanol–water partition coefficient (Wildman–Crippen LogP) is 0.0423. The van der Waals surface area contributed by atoms with E-state index in [1.54, 1.807) is 0 Å². The summed E-state index contributed by atoms with van der Waals surface area (Å²) >= 11 is 0. The Morgan fingerprint density at radius 3 is 2.57 bits per heavy atom. The number of hydrogen-bond donors (Lipinski definition) is 3. The molecule has 0 saturated carbocycles. The van der Waals surface area contributed by atoms with Crippen LogP contribution in [0.1, 0.15) is 6.92 Å². The van der Waals surface area contributed by atoms with Crippen LogP contribution in [0.4, 0.5) is 18.0 Å². The van der Waals surface area contributed by atoms with Gasteiger partial charge in [0, 0.05) is 6.54 Å². The van der Waals surface area contributed by atoms with Crippen LogP contribution >= 0.6 is 0 Å². The van der Waals surface area contributed by atoms with Crippen LogP contribution in [-0.4, -0.2) is 72.2 Å². The molecule has 0 radical (unpaired) electrons. The Bertz CT molecular complexity index is 404. The topological polar surface area (TPSA) is 99.1 Å². The summed E-state index contributed by atoms with van der Waals surface area (Å²) < 4.78 is 42.1. The number of carboxylic acid groups (broad SMARTS) is 1. The van der Waals surface area contributed by atoms with Gasteiger partial charge < -0.3 is 25.2 Å². The number of carbonyl (C=O) groups excluding carboxylic acids is 1. The molecule has 10 heteroatoms. The fourth-order valence-corrected chi connectivity index (χ4v) is 1.91. The normalized spacial score (nSPS) is 25.7. The molecule has 1 aliphatic heterocycles. The van der Waals surface area contributed by atoms with E-state index < -0.39 is 49.3 Å². The van der Waals surface area contributed by atoms with Gasteiger partial charge in [-0.3, -0.25) is 4.79 Å². The number of rotatable bonds is 5. The third-order valence-corrected chi connectivity index (χ3v) is 3.27. The van der Waals surface area contributed by atoms with Crippen LogP contribution in [0.15, 0.2) is 0 Å². The highest BCUT2D eigenvalue weighted by Crippen LogP contribution is 2.29. The van der Waals surface area contributed by atoms with Crippen LogP contribution in [0.5, 0.6) is 0 Å². The van der Waals surface area contributed by atoms with Gasteiger partial charge in [0.25, 0.3) is 0 Å². The highest BCUT2D eigenvalue weighted by Gasteiger charge is 2.48. The number of nitrogens with zero attached hydrogens (tertiary/aromatic N) is 1. The lowest BCUT2D eigenvalue weighted by atomic mass is 9.85. The first-order valence-corrected chi connectivity index (χ1v) is 6.14. The van der Waals surface area contributed by atoms with Gasteiger partial charge in [-0.15, -0.1) is 0 Å². The van der Waals surface area contributed by atoms with Crippen molar-refractivity contribution in [3.63, 3.8) is 0 Å². The van der Waals surface area contributed by atoms with Crippen molar-refractivity contribution in [1.82, 2.24) is 10.2 Å². The summed E-state index contributed by atoms with van der Waals surface area (Å²) in [5.41, 5.74) is -1.40. The summed E-state index contributed by atoms with van der Waals surface area (Å²) in [6.45, 7) is -1.59. The summed E-state index contributed by atoms with van der Waals surface area (Å²) in [6.07, 6.45) is -4.62. The molecule has 1 aliphatic rings. The van der Waals surface area contributed by atoms with Gasteiger partial charge in [-0.2, -0.15) is 13.2 Å². The van der Waals surface area contributed by atoms with E-state index >= 15 is 0 Å². The lowest BCUT2D eigenvalue weighted by Gasteiger charge is -2.29. The maximum Gasteiger partial charge on any atom is 0.406 e. The number of alkyl halides is 3. The van der Waals surface area contributed by atoms with E-state index in [-0.39, 0.29) is 13.2 Å². The third-order valence-electron chi connectivity index (χ3n) is 3.27. The zero-order valence-electron chi connectivity index (χ0n) is 11.3. The Labute approximate surface area is 118 Å². The number of aliphatic hydroxyl groups is 1. The lowest BCUT2D eigenvalue weighted by Crippen LogP contribution is -2.55. The van der Waals surface area contributed by atoms with Gasteiger partial charge in [0.15, 0.2) is 0 Å².